The van der Waals surface area contributed by atoms with Gasteiger partial charge in [0.25, 0.3) is 0 Å². The number of hydrogen-bond donors (Lipinski definition) is 2. The summed E-state index contributed by atoms with van der Waals surface area (Å²) < 4.78 is 7.66. The average molecular weight is 427 g/mol. The molecule has 2 aromatic carbocycles. The van der Waals surface area contributed by atoms with Gasteiger partial charge in [-0.1, -0.05) is 30.3 Å². The van der Waals surface area contributed by atoms with Crippen LogP contribution in [0.3, 0.4) is 0 Å². The van der Waals surface area contributed by atoms with Crippen LogP contribution in [0.4, 0.5) is 0 Å². The number of nitrogens with zero attached hydrogens (tertiary/aromatic N) is 2. The maximum atomic E-state index is 13.3. The van der Waals surface area contributed by atoms with Gasteiger partial charge in [-0.05, 0) is 68.8 Å². The van der Waals surface area contributed by atoms with Crippen LogP contribution in [0.15, 0.2) is 73.1 Å². The van der Waals surface area contributed by atoms with E-state index in [2.05, 4.69) is 15.7 Å². The molecule has 1 atom stereocenters. The van der Waals surface area contributed by atoms with Gasteiger partial charge in [0.1, 0.15) is 17.0 Å². The first-order valence-corrected chi connectivity index (χ1v) is 10.0. The molecule has 1 amide bonds. The van der Waals surface area contributed by atoms with Crippen LogP contribution in [0, 0.1) is 0 Å². The molecule has 1 aromatic heterocycles. The number of benzene rings is 2. The molecular formula is C23H27ClN4O2. The van der Waals surface area contributed by atoms with Gasteiger partial charge in [-0.15, -0.1) is 12.4 Å². The lowest BCUT2D eigenvalue weighted by atomic mass is 9.87. The molecule has 0 saturated carbocycles. The van der Waals surface area contributed by atoms with E-state index in [1.807, 2.05) is 78.5 Å². The van der Waals surface area contributed by atoms with Crippen molar-refractivity contribution in [3.63, 3.8) is 0 Å². The van der Waals surface area contributed by atoms with Crippen LogP contribution in [-0.4, -0.2) is 28.8 Å². The third kappa shape index (κ3) is 4.66. The van der Waals surface area contributed by atoms with E-state index in [0.717, 1.165) is 43.0 Å². The van der Waals surface area contributed by atoms with Crippen LogP contribution in [0.1, 0.15) is 31.4 Å². The predicted octanol–water partition coefficient (Wildman–Crippen LogP) is 4.05. The number of carbonyl (C=O) groups is 1. The Bertz CT molecular complexity index is 924. The standard InChI is InChI=1S/C23H26N4O2.ClH/c1-18(19-8-10-21(11-9-19)29-20-6-3-2-4-7-20)26-22(28)23(12-15-24-16-13-23)27-17-5-14-25-27;/h2-11,14,17-18,24H,12-13,15-16H2,1H3,(H,26,28);1H. The number of nitrogens with one attached hydrogen (secondary N) is 2. The summed E-state index contributed by atoms with van der Waals surface area (Å²) in [5.41, 5.74) is 0.391. The molecular weight excluding hydrogens is 400 g/mol. The Balaban J connectivity index is 0.00000256. The molecule has 0 radical (unpaired) electrons. The van der Waals surface area contributed by atoms with Gasteiger partial charge in [-0.3, -0.25) is 9.48 Å². The van der Waals surface area contributed by atoms with Crippen LogP contribution in [0.25, 0.3) is 0 Å². The first kappa shape index (κ1) is 21.9. The molecule has 1 fully saturated rings. The molecule has 1 aliphatic rings. The quantitative estimate of drug-likeness (QED) is 0.623. The number of ether oxygens (including phenoxy) is 1. The average Bonchev–Trinajstić information content (AvgIpc) is 3.31. The van der Waals surface area contributed by atoms with Gasteiger partial charge in [0.15, 0.2) is 0 Å². The van der Waals surface area contributed by atoms with Gasteiger partial charge in [0.2, 0.25) is 5.91 Å². The number of halogens is 1. The largest absolute Gasteiger partial charge is 0.457 e. The highest BCUT2D eigenvalue weighted by molar-refractivity contribution is 5.85. The summed E-state index contributed by atoms with van der Waals surface area (Å²) in [6, 6.07) is 19.3. The Morgan fingerprint density at radius 2 is 1.73 bits per heavy atom. The van der Waals surface area contributed by atoms with Crippen LogP contribution in [0.5, 0.6) is 11.5 Å². The lowest BCUT2D eigenvalue weighted by Gasteiger charge is -2.37. The Hall–Kier alpha value is -2.83. The zero-order valence-corrected chi connectivity index (χ0v) is 17.8. The van der Waals surface area contributed by atoms with Gasteiger partial charge >= 0.3 is 0 Å². The predicted molar refractivity (Wildman–Crippen MR) is 119 cm³/mol. The fraction of sp³-hybridized carbons (Fsp3) is 0.304. The molecule has 0 spiro atoms. The minimum atomic E-state index is -0.640. The molecule has 0 aliphatic carbocycles. The molecule has 4 rings (SSSR count). The van der Waals surface area contributed by atoms with Crippen LogP contribution < -0.4 is 15.4 Å². The summed E-state index contributed by atoms with van der Waals surface area (Å²) in [5.74, 6) is 1.58. The Morgan fingerprint density at radius 3 is 2.37 bits per heavy atom. The van der Waals surface area contributed by atoms with E-state index in [4.69, 9.17) is 4.74 Å². The minimum Gasteiger partial charge on any atom is -0.457 e. The summed E-state index contributed by atoms with van der Waals surface area (Å²) in [4.78, 5) is 13.3. The monoisotopic (exact) mass is 426 g/mol. The first-order chi connectivity index (χ1) is 14.2. The van der Waals surface area contributed by atoms with Crippen molar-refractivity contribution in [3.8, 4) is 11.5 Å². The van der Waals surface area contributed by atoms with Gasteiger partial charge in [-0.2, -0.15) is 5.10 Å². The lowest BCUT2D eigenvalue weighted by molar-refractivity contribution is -0.132. The zero-order valence-electron chi connectivity index (χ0n) is 17.0. The van der Waals surface area contributed by atoms with Crippen molar-refractivity contribution >= 4 is 18.3 Å². The molecule has 7 heteroatoms. The molecule has 158 valence electrons. The van der Waals surface area contributed by atoms with E-state index < -0.39 is 5.54 Å². The van der Waals surface area contributed by atoms with E-state index in [-0.39, 0.29) is 24.4 Å². The normalized spacial score (nSPS) is 16.2. The molecule has 2 N–H and O–H groups in total. The smallest absolute Gasteiger partial charge is 0.248 e. The lowest BCUT2D eigenvalue weighted by Crippen LogP contribution is -2.55. The summed E-state index contributed by atoms with van der Waals surface area (Å²) in [5, 5.41) is 10.9. The van der Waals surface area contributed by atoms with E-state index >= 15 is 0 Å². The molecule has 3 aromatic rings. The number of carbonyl (C=O) groups excluding carboxylic acids is 1. The maximum Gasteiger partial charge on any atom is 0.248 e. The number of aromatic nitrogens is 2. The van der Waals surface area contributed by atoms with Gasteiger partial charge < -0.3 is 15.4 Å². The molecule has 0 bridgehead atoms. The van der Waals surface area contributed by atoms with Crippen LogP contribution >= 0.6 is 12.4 Å². The molecule has 2 heterocycles. The molecule has 30 heavy (non-hydrogen) atoms. The Morgan fingerprint density at radius 1 is 1.07 bits per heavy atom. The SMILES string of the molecule is CC(NC(=O)C1(n2cccn2)CCNCC1)c1ccc(Oc2ccccc2)cc1.Cl. The number of hydrogen-bond acceptors (Lipinski definition) is 4. The van der Waals surface area contributed by atoms with E-state index in [1.54, 1.807) is 6.20 Å². The summed E-state index contributed by atoms with van der Waals surface area (Å²) >= 11 is 0. The highest BCUT2D eigenvalue weighted by Crippen LogP contribution is 2.29. The van der Waals surface area contributed by atoms with Gasteiger partial charge in [-0.25, -0.2) is 0 Å². The van der Waals surface area contributed by atoms with Gasteiger partial charge in [0, 0.05) is 12.4 Å². The second-order valence-corrected chi connectivity index (χ2v) is 7.41. The van der Waals surface area contributed by atoms with Crippen LogP contribution in [0.2, 0.25) is 0 Å². The molecule has 1 unspecified atom stereocenters. The zero-order chi connectivity index (χ0) is 20.1. The first-order valence-electron chi connectivity index (χ1n) is 10.0. The van der Waals surface area contributed by atoms with Crippen molar-refractivity contribution in [2.24, 2.45) is 0 Å². The minimum absolute atomic E-state index is 0. The molecule has 6 nitrogen and oxygen atoms in total. The maximum absolute atomic E-state index is 13.3. The summed E-state index contributed by atoms with van der Waals surface area (Å²) in [6.45, 7) is 3.60. The second kappa shape index (κ2) is 9.78. The topological polar surface area (TPSA) is 68.2 Å². The number of piperidine rings is 1. The number of rotatable bonds is 6. The van der Waals surface area contributed by atoms with Crippen molar-refractivity contribution in [2.45, 2.75) is 31.3 Å². The fourth-order valence-corrected chi connectivity index (χ4v) is 3.79. The second-order valence-electron chi connectivity index (χ2n) is 7.41. The van der Waals surface area contributed by atoms with Crippen LogP contribution in [-0.2, 0) is 10.3 Å². The number of amides is 1. The molecule has 1 aliphatic heterocycles. The Kier molecular flexibility index (Phi) is 7.13. The van der Waals surface area contributed by atoms with E-state index in [1.165, 1.54) is 0 Å². The third-order valence-electron chi connectivity index (χ3n) is 5.50. The summed E-state index contributed by atoms with van der Waals surface area (Å²) in [7, 11) is 0. The highest BCUT2D eigenvalue weighted by Gasteiger charge is 2.42. The fourth-order valence-electron chi connectivity index (χ4n) is 3.79. The van der Waals surface area contributed by atoms with Crippen molar-refractivity contribution < 1.29 is 9.53 Å². The van der Waals surface area contributed by atoms with Gasteiger partial charge in [0.05, 0.1) is 6.04 Å². The van der Waals surface area contributed by atoms with Crippen molar-refractivity contribution in [2.75, 3.05) is 13.1 Å². The Labute approximate surface area is 183 Å². The highest BCUT2D eigenvalue weighted by atomic mass is 35.5. The summed E-state index contributed by atoms with van der Waals surface area (Å²) in [6.07, 6.45) is 5.05. The number of para-hydroxylation sites is 1. The third-order valence-corrected chi connectivity index (χ3v) is 5.50. The molecule has 1 saturated heterocycles. The van der Waals surface area contributed by atoms with E-state index in [0.29, 0.717) is 0 Å². The van der Waals surface area contributed by atoms with Crippen molar-refractivity contribution in [1.82, 2.24) is 20.4 Å². The van der Waals surface area contributed by atoms with E-state index in [9.17, 15) is 4.79 Å². The van der Waals surface area contributed by atoms with Crippen molar-refractivity contribution in [1.29, 1.82) is 0 Å². The van der Waals surface area contributed by atoms with Crippen molar-refractivity contribution in [3.05, 3.63) is 78.6 Å².